The molecule has 0 bridgehead atoms. The highest BCUT2D eigenvalue weighted by Gasteiger charge is 2.29. The summed E-state index contributed by atoms with van der Waals surface area (Å²) in [6.07, 6.45) is 3.62. The van der Waals surface area contributed by atoms with E-state index in [4.69, 9.17) is 13.6 Å². The van der Waals surface area contributed by atoms with E-state index in [0.29, 0.717) is 0 Å². The van der Waals surface area contributed by atoms with Gasteiger partial charge >= 0.3 is 8.56 Å². The van der Waals surface area contributed by atoms with Gasteiger partial charge in [0, 0.05) is 13.2 Å². The average molecular weight is 232 g/mol. The van der Waals surface area contributed by atoms with E-state index in [9.17, 15) is 0 Å². The van der Waals surface area contributed by atoms with Crippen molar-refractivity contribution in [1.29, 1.82) is 0 Å². The first kappa shape index (κ1) is 14.7. The predicted octanol–water partition coefficient (Wildman–Crippen LogP) is 3.07. The third-order valence-corrected chi connectivity index (χ3v) is 5.22. The molecule has 0 aromatic heterocycles. The normalized spacial score (nSPS) is 11.4. The Balaban J connectivity index is 3.69. The smallest absolute Gasteiger partial charge is 0.334 e. The minimum absolute atomic E-state index is 0.742. The van der Waals surface area contributed by atoms with Crippen LogP contribution < -0.4 is 0 Å². The van der Waals surface area contributed by atoms with Gasteiger partial charge in [0.25, 0.3) is 0 Å². The molecule has 0 fully saturated rings. The number of ether oxygens (including phenoxy) is 1. The zero-order valence-electron chi connectivity index (χ0n) is 10.3. The van der Waals surface area contributed by atoms with Crippen LogP contribution in [0.15, 0.2) is 12.8 Å². The lowest BCUT2D eigenvalue weighted by atomic mass is 10.4. The maximum Gasteiger partial charge on any atom is 0.334 e. The lowest BCUT2D eigenvalue weighted by molar-refractivity contribution is 0.186. The summed E-state index contributed by atoms with van der Waals surface area (Å²) in [5.74, 6) is 0. The molecule has 0 N–H and O–H groups in total. The summed E-state index contributed by atoms with van der Waals surface area (Å²) in [5.41, 5.74) is 0. The summed E-state index contributed by atoms with van der Waals surface area (Å²) in [6, 6.07) is 1.04. The fourth-order valence-corrected chi connectivity index (χ4v) is 4.00. The fourth-order valence-electron chi connectivity index (χ4n) is 1.51. The van der Waals surface area contributed by atoms with Crippen LogP contribution in [0, 0.1) is 0 Å². The summed E-state index contributed by atoms with van der Waals surface area (Å²) in [5, 5.41) is 0. The molecule has 0 aliphatic carbocycles. The second-order valence-corrected chi connectivity index (χ2v) is 6.84. The van der Waals surface area contributed by atoms with E-state index in [1.807, 2.05) is 13.8 Å². The zero-order chi connectivity index (χ0) is 11.6. The molecule has 90 valence electrons. The fraction of sp³-hybridized carbons (Fsp3) is 0.818. The molecule has 0 saturated carbocycles. The first-order chi connectivity index (χ1) is 7.18. The first-order valence-electron chi connectivity index (χ1n) is 5.69. The molecule has 0 aromatic rings. The quantitative estimate of drug-likeness (QED) is 0.329. The predicted molar refractivity (Wildman–Crippen MR) is 65.1 cm³/mol. The first-order valence-corrected chi connectivity index (χ1v) is 8.21. The van der Waals surface area contributed by atoms with Gasteiger partial charge in [-0.1, -0.05) is 6.58 Å². The standard InChI is InChI=1S/C11H24O3Si/c1-5-12-10-8-9-11-15(4,13-6-2)14-7-3/h5H,1,6-11H2,2-4H3. The molecular formula is C11H24O3Si. The summed E-state index contributed by atoms with van der Waals surface area (Å²) < 4.78 is 16.5. The molecule has 0 aliphatic heterocycles. The van der Waals surface area contributed by atoms with Gasteiger partial charge in [-0.25, -0.2) is 0 Å². The maximum absolute atomic E-state index is 5.73. The van der Waals surface area contributed by atoms with Crippen LogP contribution in [0.25, 0.3) is 0 Å². The van der Waals surface area contributed by atoms with Crippen molar-refractivity contribution in [2.75, 3.05) is 19.8 Å². The van der Waals surface area contributed by atoms with Crippen LogP contribution in [0.3, 0.4) is 0 Å². The summed E-state index contributed by atoms with van der Waals surface area (Å²) >= 11 is 0. The molecule has 0 spiro atoms. The summed E-state index contributed by atoms with van der Waals surface area (Å²) in [7, 11) is -1.89. The van der Waals surface area contributed by atoms with Crippen LogP contribution >= 0.6 is 0 Å². The van der Waals surface area contributed by atoms with Crippen molar-refractivity contribution < 1.29 is 13.6 Å². The third kappa shape index (κ3) is 7.59. The van der Waals surface area contributed by atoms with Gasteiger partial charge in [0.05, 0.1) is 12.9 Å². The van der Waals surface area contributed by atoms with Gasteiger partial charge in [-0.3, -0.25) is 0 Å². The van der Waals surface area contributed by atoms with E-state index >= 15 is 0 Å². The van der Waals surface area contributed by atoms with Crippen molar-refractivity contribution in [1.82, 2.24) is 0 Å². The van der Waals surface area contributed by atoms with E-state index in [0.717, 1.165) is 38.7 Å². The molecule has 15 heavy (non-hydrogen) atoms. The van der Waals surface area contributed by atoms with Crippen molar-refractivity contribution in [3.05, 3.63) is 12.8 Å². The van der Waals surface area contributed by atoms with Gasteiger partial charge in [-0.15, -0.1) is 0 Å². The Hall–Kier alpha value is -0.323. The molecule has 0 aliphatic rings. The van der Waals surface area contributed by atoms with Crippen molar-refractivity contribution in [3.8, 4) is 0 Å². The highest BCUT2D eigenvalue weighted by molar-refractivity contribution is 6.66. The van der Waals surface area contributed by atoms with Crippen LogP contribution in [-0.4, -0.2) is 28.4 Å². The maximum atomic E-state index is 5.73. The SMILES string of the molecule is C=COCCCC[Si](C)(OCC)OCC. The topological polar surface area (TPSA) is 27.7 Å². The Morgan fingerprint density at radius 1 is 1.13 bits per heavy atom. The van der Waals surface area contributed by atoms with Crippen LogP contribution in [0.1, 0.15) is 26.7 Å². The van der Waals surface area contributed by atoms with Crippen molar-refractivity contribution in [3.63, 3.8) is 0 Å². The minimum atomic E-state index is -1.89. The average Bonchev–Trinajstić information content (AvgIpc) is 2.18. The van der Waals surface area contributed by atoms with Gasteiger partial charge in [0.1, 0.15) is 0 Å². The molecule has 0 radical (unpaired) electrons. The van der Waals surface area contributed by atoms with Gasteiger partial charge in [0.15, 0.2) is 0 Å². The highest BCUT2D eigenvalue weighted by Crippen LogP contribution is 2.17. The summed E-state index contributed by atoms with van der Waals surface area (Å²) in [6.45, 7) is 11.9. The van der Waals surface area contributed by atoms with Crippen LogP contribution in [0.5, 0.6) is 0 Å². The van der Waals surface area contributed by atoms with E-state index in [-0.39, 0.29) is 0 Å². The van der Waals surface area contributed by atoms with Crippen LogP contribution in [-0.2, 0) is 13.6 Å². The van der Waals surface area contributed by atoms with E-state index in [2.05, 4.69) is 13.1 Å². The van der Waals surface area contributed by atoms with E-state index in [1.165, 1.54) is 6.26 Å². The molecule has 0 aromatic carbocycles. The second-order valence-electron chi connectivity index (χ2n) is 3.49. The third-order valence-electron chi connectivity index (χ3n) is 2.16. The molecule has 0 atom stereocenters. The van der Waals surface area contributed by atoms with E-state index < -0.39 is 8.56 Å². The van der Waals surface area contributed by atoms with Crippen LogP contribution in [0.2, 0.25) is 12.6 Å². The Bertz CT molecular complexity index is 156. The number of hydrogen-bond acceptors (Lipinski definition) is 3. The van der Waals surface area contributed by atoms with Crippen molar-refractivity contribution >= 4 is 8.56 Å². The van der Waals surface area contributed by atoms with Gasteiger partial charge in [-0.05, 0) is 39.3 Å². The number of unbranched alkanes of at least 4 members (excludes halogenated alkanes) is 1. The molecule has 0 amide bonds. The molecule has 0 unspecified atom stereocenters. The van der Waals surface area contributed by atoms with E-state index in [1.54, 1.807) is 0 Å². The highest BCUT2D eigenvalue weighted by atomic mass is 28.4. The Morgan fingerprint density at radius 2 is 1.73 bits per heavy atom. The van der Waals surface area contributed by atoms with Crippen molar-refractivity contribution in [2.45, 2.75) is 39.3 Å². The molecular weight excluding hydrogens is 208 g/mol. The Morgan fingerprint density at radius 3 is 2.20 bits per heavy atom. The largest absolute Gasteiger partial charge is 0.502 e. The second kappa shape index (κ2) is 8.94. The molecule has 0 saturated heterocycles. The molecule has 0 heterocycles. The Labute approximate surface area is 94.7 Å². The van der Waals surface area contributed by atoms with Gasteiger partial charge < -0.3 is 13.6 Å². The van der Waals surface area contributed by atoms with Crippen molar-refractivity contribution in [2.24, 2.45) is 0 Å². The zero-order valence-corrected chi connectivity index (χ0v) is 11.3. The number of rotatable bonds is 10. The Kier molecular flexibility index (Phi) is 8.75. The lowest BCUT2D eigenvalue weighted by Gasteiger charge is -2.25. The molecule has 4 heteroatoms. The molecule has 0 rings (SSSR count). The minimum Gasteiger partial charge on any atom is -0.502 e. The van der Waals surface area contributed by atoms with Gasteiger partial charge in [0.2, 0.25) is 0 Å². The molecule has 3 nitrogen and oxygen atoms in total. The monoisotopic (exact) mass is 232 g/mol. The van der Waals surface area contributed by atoms with Crippen LogP contribution in [0.4, 0.5) is 0 Å². The number of hydrogen-bond donors (Lipinski definition) is 0. The van der Waals surface area contributed by atoms with Gasteiger partial charge in [-0.2, -0.15) is 0 Å². The summed E-state index contributed by atoms with van der Waals surface area (Å²) in [4.78, 5) is 0. The lowest BCUT2D eigenvalue weighted by Crippen LogP contribution is -2.38.